The Bertz CT molecular complexity index is 1190. The number of carbonyl (C=O) groups excluding carboxylic acids is 1. The second-order valence-electron chi connectivity index (χ2n) is 8.00. The van der Waals surface area contributed by atoms with Gasteiger partial charge in [0.05, 0.1) is 18.0 Å². The van der Waals surface area contributed by atoms with Gasteiger partial charge in [0.15, 0.2) is 0 Å². The highest BCUT2D eigenvalue weighted by Crippen LogP contribution is 2.23. The van der Waals surface area contributed by atoms with Gasteiger partial charge in [0.25, 0.3) is 0 Å². The van der Waals surface area contributed by atoms with Gasteiger partial charge in [-0.25, -0.2) is 8.42 Å². The molecule has 0 aliphatic carbocycles. The highest BCUT2D eigenvalue weighted by Gasteiger charge is 2.30. The number of benzene rings is 3. The first-order valence-electron chi connectivity index (χ1n) is 11.1. The first-order chi connectivity index (χ1) is 16.0. The number of rotatable bonds is 8. The third-order valence-electron chi connectivity index (χ3n) is 5.77. The second-order valence-corrected chi connectivity index (χ2v) is 9.94. The molecule has 0 fully saturated rings. The van der Waals surface area contributed by atoms with Gasteiger partial charge in [-0.1, -0.05) is 54.6 Å². The normalized spacial score (nSPS) is 13.6. The van der Waals surface area contributed by atoms with E-state index in [-0.39, 0.29) is 23.9 Å². The van der Waals surface area contributed by atoms with Gasteiger partial charge >= 0.3 is 0 Å². The molecule has 172 valence electrons. The van der Waals surface area contributed by atoms with Gasteiger partial charge < -0.3 is 9.64 Å². The lowest BCUT2D eigenvalue weighted by Gasteiger charge is -2.31. The van der Waals surface area contributed by atoms with Gasteiger partial charge in [0, 0.05) is 19.6 Å². The van der Waals surface area contributed by atoms with Crippen LogP contribution in [-0.2, 0) is 34.3 Å². The van der Waals surface area contributed by atoms with Crippen LogP contribution < -0.4 is 4.74 Å². The van der Waals surface area contributed by atoms with Gasteiger partial charge in [-0.15, -0.1) is 0 Å². The summed E-state index contributed by atoms with van der Waals surface area (Å²) >= 11 is 0. The minimum absolute atomic E-state index is 0.118. The molecule has 1 amide bonds. The van der Waals surface area contributed by atoms with E-state index in [9.17, 15) is 13.2 Å². The fourth-order valence-electron chi connectivity index (χ4n) is 4.00. The van der Waals surface area contributed by atoms with Crippen LogP contribution in [-0.4, -0.2) is 43.2 Å². The quantitative estimate of drug-likeness (QED) is 0.508. The Morgan fingerprint density at radius 1 is 0.939 bits per heavy atom. The van der Waals surface area contributed by atoms with Crippen molar-refractivity contribution >= 4 is 15.9 Å². The van der Waals surface area contributed by atoms with E-state index in [2.05, 4.69) is 6.07 Å². The molecule has 4 rings (SSSR count). The van der Waals surface area contributed by atoms with Crippen molar-refractivity contribution < 1.29 is 17.9 Å². The Labute approximate surface area is 195 Å². The third-order valence-corrected chi connectivity index (χ3v) is 7.58. The maximum absolute atomic E-state index is 13.5. The lowest BCUT2D eigenvalue weighted by Crippen LogP contribution is -2.44. The van der Waals surface area contributed by atoms with E-state index in [0.29, 0.717) is 25.4 Å². The Morgan fingerprint density at radius 2 is 1.61 bits per heavy atom. The second kappa shape index (κ2) is 10.2. The minimum atomic E-state index is -3.89. The number of hydrogen-bond donors (Lipinski definition) is 0. The maximum Gasteiger partial charge on any atom is 0.243 e. The van der Waals surface area contributed by atoms with Crippen molar-refractivity contribution in [3.05, 3.63) is 95.6 Å². The molecular weight excluding hydrogens is 436 g/mol. The molecule has 0 unspecified atom stereocenters. The topological polar surface area (TPSA) is 66.9 Å². The summed E-state index contributed by atoms with van der Waals surface area (Å²) in [5, 5.41) is 0. The molecular formula is C26H28N2O4S. The zero-order valence-corrected chi connectivity index (χ0v) is 19.5. The summed E-state index contributed by atoms with van der Waals surface area (Å²) in [7, 11) is -3.89. The molecule has 0 atom stereocenters. The number of amides is 1. The van der Waals surface area contributed by atoms with E-state index in [1.54, 1.807) is 17.0 Å². The molecule has 33 heavy (non-hydrogen) atoms. The number of fused-ring (bicyclic) bond motifs is 1. The standard InChI is InChI=1S/C26H28N2O4S/c1-2-32-24-12-14-25(15-13-24)33(30,31)28(18-21-8-4-3-5-9-21)20-26(29)27-17-16-22-10-6-7-11-23(22)19-27/h3-15H,2,16-20H2,1H3. The van der Waals surface area contributed by atoms with Gasteiger partial charge in [-0.05, 0) is 54.3 Å². The van der Waals surface area contributed by atoms with Gasteiger partial charge in [0.2, 0.25) is 15.9 Å². The molecule has 7 heteroatoms. The number of sulfonamides is 1. The van der Waals surface area contributed by atoms with Crippen LogP contribution in [0.15, 0.2) is 83.8 Å². The van der Waals surface area contributed by atoms with Crippen LogP contribution in [0.4, 0.5) is 0 Å². The number of hydrogen-bond acceptors (Lipinski definition) is 4. The molecule has 0 saturated carbocycles. The van der Waals surface area contributed by atoms with Crippen molar-refractivity contribution in [1.29, 1.82) is 0 Å². The lowest BCUT2D eigenvalue weighted by atomic mass is 10.00. The summed E-state index contributed by atoms with van der Waals surface area (Å²) in [6.45, 7) is 3.35. The zero-order valence-electron chi connectivity index (χ0n) is 18.7. The Kier molecular flexibility index (Phi) is 7.11. The Hall–Kier alpha value is -3.16. The molecule has 1 aliphatic rings. The molecule has 1 aliphatic heterocycles. The van der Waals surface area contributed by atoms with Gasteiger partial charge in [-0.3, -0.25) is 4.79 Å². The molecule has 0 N–H and O–H groups in total. The lowest BCUT2D eigenvalue weighted by molar-refractivity contribution is -0.132. The van der Waals surface area contributed by atoms with E-state index in [4.69, 9.17) is 4.74 Å². The van der Waals surface area contributed by atoms with Crippen molar-refractivity contribution in [2.75, 3.05) is 19.7 Å². The highest BCUT2D eigenvalue weighted by molar-refractivity contribution is 7.89. The first kappa shape index (κ1) is 23.0. The largest absolute Gasteiger partial charge is 0.494 e. The Morgan fingerprint density at radius 3 is 2.30 bits per heavy atom. The van der Waals surface area contributed by atoms with Crippen LogP contribution in [0.3, 0.4) is 0 Å². The van der Waals surface area contributed by atoms with Crippen molar-refractivity contribution in [3.8, 4) is 5.75 Å². The minimum Gasteiger partial charge on any atom is -0.494 e. The van der Waals surface area contributed by atoms with E-state index >= 15 is 0 Å². The summed E-state index contributed by atoms with van der Waals surface area (Å²) < 4.78 is 33.8. The van der Waals surface area contributed by atoms with Crippen molar-refractivity contribution in [1.82, 2.24) is 9.21 Å². The predicted octanol–water partition coefficient (Wildman–Crippen LogP) is 3.86. The molecule has 6 nitrogen and oxygen atoms in total. The molecule has 0 saturated heterocycles. The van der Waals surface area contributed by atoms with Crippen molar-refractivity contribution in [2.24, 2.45) is 0 Å². The van der Waals surface area contributed by atoms with Crippen LogP contribution >= 0.6 is 0 Å². The van der Waals surface area contributed by atoms with Crippen LogP contribution in [0.2, 0.25) is 0 Å². The SMILES string of the molecule is CCOc1ccc(S(=O)(=O)N(CC(=O)N2CCc3ccccc3C2)Cc2ccccc2)cc1. The smallest absolute Gasteiger partial charge is 0.243 e. The number of carbonyl (C=O) groups is 1. The number of ether oxygens (including phenoxy) is 1. The predicted molar refractivity (Wildman–Crippen MR) is 127 cm³/mol. The van der Waals surface area contributed by atoms with E-state index in [1.807, 2.05) is 55.5 Å². The summed E-state index contributed by atoms with van der Waals surface area (Å²) in [6.07, 6.45) is 0.770. The summed E-state index contributed by atoms with van der Waals surface area (Å²) in [5.41, 5.74) is 3.18. The van der Waals surface area contributed by atoms with Crippen molar-refractivity contribution in [3.63, 3.8) is 0 Å². The Balaban J connectivity index is 1.57. The molecule has 1 heterocycles. The van der Waals surface area contributed by atoms with E-state index < -0.39 is 10.0 Å². The van der Waals surface area contributed by atoms with Crippen LogP contribution in [0.25, 0.3) is 0 Å². The molecule has 0 bridgehead atoms. The van der Waals surface area contributed by atoms with E-state index in [1.165, 1.54) is 22.0 Å². The summed E-state index contributed by atoms with van der Waals surface area (Å²) in [6, 6.07) is 23.7. The fourth-order valence-corrected chi connectivity index (χ4v) is 5.37. The monoisotopic (exact) mass is 464 g/mol. The van der Waals surface area contributed by atoms with Crippen LogP contribution in [0, 0.1) is 0 Å². The number of nitrogens with zero attached hydrogens (tertiary/aromatic N) is 2. The van der Waals surface area contributed by atoms with Crippen LogP contribution in [0.1, 0.15) is 23.6 Å². The van der Waals surface area contributed by atoms with Gasteiger partial charge in [0.1, 0.15) is 5.75 Å². The zero-order chi connectivity index (χ0) is 23.3. The third kappa shape index (κ3) is 5.43. The highest BCUT2D eigenvalue weighted by atomic mass is 32.2. The van der Waals surface area contributed by atoms with Crippen molar-refractivity contribution in [2.45, 2.75) is 31.3 Å². The first-order valence-corrected chi connectivity index (χ1v) is 12.5. The van der Waals surface area contributed by atoms with E-state index in [0.717, 1.165) is 17.5 Å². The summed E-state index contributed by atoms with van der Waals surface area (Å²) in [4.78, 5) is 15.1. The maximum atomic E-state index is 13.5. The fraction of sp³-hybridized carbons (Fsp3) is 0.269. The van der Waals surface area contributed by atoms with Gasteiger partial charge in [-0.2, -0.15) is 4.31 Å². The molecule has 3 aromatic rings. The summed E-state index contributed by atoms with van der Waals surface area (Å²) in [5.74, 6) is 0.407. The molecule has 3 aromatic carbocycles. The van der Waals surface area contributed by atoms with Crippen LogP contribution in [0.5, 0.6) is 5.75 Å². The molecule has 0 aromatic heterocycles. The average Bonchev–Trinajstić information content (AvgIpc) is 2.84. The average molecular weight is 465 g/mol. The molecule has 0 spiro atoms. The molecule has 0 radical (unpaired) electrons.